The Hall–Kier alpha value is -1.31. The van der Waals surface area contributed by atoms with Crippen molar-refractivity contribution in [2.24, 2.45) is 0 Å². The first kappa shape index (κ1) is 9.25. The average molecular weight is 188 g/mol. The minimum absolute atomic E-state index is 1.08. The second-order valence-corrected chi connectivity index (χ2v) is 4.00. The standard InChI is InChI=1S/C12H16N2/c1-7-6-12-9(3)8(2)10(4)14(12)11(5)13-7/h6H,1-5H3. The van der Waals surface area contributed by atoms with Gasteiger partial charge >= 0.3 is 0 Å². The summed E-state index contributed by atoms with van der Waals surface area (Å²) in [4.78, 5) is 4.48. The third-order valence-corrected chi connectivity index (χ3v) is 3.07. The summed E-state index contributed by atoms with van der Waals surface area (Å²) < 4.78 is 2.23. The van der Waals surface area contributed by atoms with Gasteiger partial charge in [-0.1, -0.05) is 0 Å². The molecule has 0 aliphatic carbocycles. The molecule has 0 amide bonds. The van der Waals surface area contributed by atoms with Gasteiger partial charge in [-0.15, -0.1) is 0 Å². The Morgan fingerprint density at radius 3 is 2.29 bits per heavy atom. The van der Waals surface area contributed by atoms with E-state index in [2.05, 4.69) is 43.1 Å². The normalized spacial score (nSPS) is 11.2. The van der Waals surface area contributed by atoms with Crippen molar-refractivity contribution in [2.75, 3.05) is 0 Å². The molecule has 0 aromatic carbocycles. The maximum Gasteiger partial charge on any atom is 0.110 e. The van der Waals surface area contributed by atoms with E-state index in [4.69, 9.17) is 0 Å². The van der Waals surface area contributed by atoms with Crippen LogP contribution in [0.3, 0.4) is 0 Å². The number of hydrogen-bond acceptors (Lipinski definition) is 1. The van der Waals surface area contributed by atoms with Crippen molar-refractivity contribution in [3.05, 3.63) is 34.4 Å². The van der Waals surface area contributed by atoms with Gasteiger partial charge in [0.1, 0.15) is 5.82 Å². The Bertz CT molecular complexity index is 507. The lowest BCUT2D eigenvalue weighted by molar-refractivity contribution is 0.933. The molecule has 0 unspecified atom stereocenters. The molecular weight excluding hydrogens is 172 g/mol. The number of aromatic nitrogens is 2. The minimum Gasteiger partial charge on any atom is -0.302 e. The summed E-state index contributed by atoms with van der Waals surface area (Å²) in [5.41, 5.74) is 6.44. The molecule has 2 aromatic heterocycles. The molecule has 2 heterocycles. The van der Waals surface area contributed by atoms with Crippen molar-refractivity contribution < 1.29 is 0 Å². The van der Waals surface area contributed by atoms with Crippen LogP contribution in [0.25, 0.3) is 5.52 Å². The number of nitrogens with zero attached hydrogens (tertiary/aromatic N) is 2. The second kappa shape index (κ2) is 2.84. The molecule has 2 heteroatoms. The predicted octanol–water partition coefficient (Wildman–Crippen LogP) is 2.88. The second-order valence-electron chi connectivity index (χ2n) is 4.00. The molecule has 0 aliphatic heterocycles. The maximum absolute atomic E-state index is 4.48. The summed E-state index contributed by atoms with van der Waals surface area (Å²) in [7, 11) is 0. The van der Waals surface area contributed by atoms with E-state index in [-0.39, 0.29) is 0 Å². The van der Waals surface area contributed by atoms with E-state index in [9.17, 15) is 0 Å². The number of rotatable bonds is 0. The summed E-state index contributed by atoms with van der Waals surface area (Å²) in [5, 5.41) is 0. The Labute approximate surface area is 84.6 Å². The van der Waals surface area contributed by atoms with Crippen molar-refractivity contribution in [1.82, 2.24) is 9.38 Å². The van der Waals surface area contributed by atoms with Gasteiger partial charge in [-0.25, -0.2) is 4.98 Å². The maximum atomic E-state index is 4.48. The van der Waals surface area contributed by atoms with Crippen LogP contribution in [0.5, 0.6) is 0 Å². The summed E-state index contributed by atoms with van der Waals surface area (Å²) in [5.74, 6) is 1.08. The molecule has 0 saturated heterocycles. The molecule has 0 fully saturated rings. The molecule has 0 aliphatic rings. The fourth-order valence-electron chi connectivity index (χ4n) is 2.10. The van der Waals surface area contributed by atoms with Gasteiger partial charge in [-0.05, 0) is 51.8 Å². The lowest BCUT2D eigenvalue weighted by Crippen LogP contribution is -1.98. The highest BCUT2D eigenvalue weighted by molar-refractivity contribution is 5.61. The Balaban J connectivity index is 3.02. The van der Waals surface area contributed by atoms with Crippen LogP contribution in [0, 0.1) is 34.6 Å². The quantitative estimate of drug-likeness (QED) is 0.621. The topological polar surface area (TPSA) is 17.3 Å². The van der Waals surface area contributed by atoms with Crippen LogP contribution in [0.1, 0.15) is 28.3 Å². The fourth-order valence-corrected chi connectivity index (χ4v) is 2.10. The molecule has 2 aromatic rings. The van der Waals surface area contributed by atoms with Crippen molar-refractivity contribution in [3.63, 3.8) is 0 Å². The third kappa shape index (κ3) is 1.07. The zero-order valence-electron chi connectivity index (χ0n) is 9.47. The van der Waals surface area contributed by atoms with Crippen molar-refractivity contribution >= 4 is 5.52 Å². The monoisotopic (exact) mass is 188 g/mol. The number of aryl methyl sites for hydroxylation is 4. The van der Waals surface area contributed by atoms with Crippen LogP contribution in [0.2, 0.25) is 0 Å². The summed E-state index contributed by atoms with van der Waals surface area (Å²) in [6, 6.07) is 2.16. The smallest absolute Gasteiger partial charge is 0.110 e. The van der Waals surface area contributed by atoms with Gasteiger partial charge in [-0.3, -0.25) is 0 Å². The Morgan fingerprint density at radius 2 is 1.64 bits per heavy atom. The lowest BCUT2D eigenvalue weighted by Gasteiger charge is -2.04. The van der Waals surface area contributed by atoms with Crippen molar-refractivity contribution in [3.8, 4) is 0 Å². The molecule has 0 atom stereocenters. The third-order valence-electron chi connectivity index (χ3n) is 3.07. The molecule has 14 heavy (non-hydrogen) atoms. The van der Waals surface area contributed by atoms with Crippen LogP contribution in [-0.2, 0) is 0 Å². The first-order valence-corrected chi connectivity index (χ1v) is 4.95. The Kier molecular flexibility index (Phi) is 1.88. The summed E-state index contributed by atoms with van der Waals surface area (Å²) >= 11 is 0. The van der Waals surface area contributed by atoms with E-state index < -0.39 is 0 Å². The van der Waals surface area contributed by atoms with E-state index >= 15 is 0 Å². The predicted molar refractivity (Wildman–Crippen MR) is 58.9 cm³/mol. The zero-order chi connectivity index (χ0) is 10.5. The Morgan fingerprint density at radius 1 is 1.00 bits per heavy atom. The van der Waals surface area contributed by atoms with Gasteiger partial charge in [0.25, 0.3) is 0 Å². The molecular formula is C12H16N2. The molecule has 0 saturated carbocycles. The summed E-state index contributed by atoms with van der Waals surface area (Å²) in [6.07, 6.45) is 0. The first-order valence-electron chi connectivity index (χ1n) is 4.95. The molecule has 0 N–H and O–H groups in total. The van der Waals surface area contributed by atoms with Crippen LogP contribution in [0.15, 0.2) is 6.07 Å². The highest BCUT2D eigenvalue weighted by Crippen LogP contribution is 2.22. The van der Waals surface area contributed by atoms with E-state index in [0.29, 0.717) is 0 Å². The number of fused-ring (bicyclic) bond motifs is 1. The van der Waals surface area contributed by atoms with Gasteiger partial charge in [0.2, 0.25) is 0 Å². The largest absolute Gasteiger partial charge is 0.302 e. The molecule has 0 spiro atoms. The average Bonchev–Trinajstić information content (AvgIpc) is 2.31. The molecule has 2 nitrogen and oxygen atoms in total. The van der Waals surface area contributed by atoms with E-state index in [1.807, 2.05) is 6.92 Å². The SMILES string of the molecule is Cc1cc2c(C)c(C)c(C)n2c(C)n1. The van der Waals surface area contributed by atoms with E-state index in [1.54, 1.807) is 0 Å². The van der Waals surface area contributed by atoms with Crippen LogP contribution < -0.4 is 0 Å². The van der Waals surface area contributed by atoms with E-state index in [0.717, 1.165) is 11.5 Å². The van der Waals surface area contributed by atoms with E-state index in [1.165, 1.54) is 22.3 Å². The molecule has 2 rings (SSSR count). The van der Waals surface area contributed by atoms with Crippen LogP contribution in [0.4, 0.5) is 0 Å². The zero-order valence-corrected chi connectivity index (χ0v) is 9.47. The van der Waals surface area contributed by atoms with Crippen LogP contribution >= 0.6 is 0 Å². The van der Waals surface area contributed by atoms with Crippen LogP contribution in [-0.4, -0.2) is 9.38 Å². The van der Waals surface area contributed by atoms with Gasteiger partial charge in [0, 0.05) is 11.4 Å². The first-order chi connectivity index (χ1) is 6.52. The van der Waals surface area contributed by atoms with Crippen molar-refractivity contribution in [2.45, 2.75) is 34.6 Å². The highest BCUT2D eigenvalue weighted by Gasteiger charge is 2.10. The minimum atomic E-state index is 1.08. The van der Waals surface area contributed by atoms with Gasteiger partial charge in [-0.2, -0.15) is 0 Å². The summed E-state index contributed by atoms with van der Waals surface area (Å²) in [6.45, 7) is 10.6. The lowest BCUT2D eigenvalue weighted by atomic mass is 10.2. The van der Waals surface area contributed by atoms with Gasteiger partial charge in [0.05, 0.1) is 5.52 Å². The number of hydrogen-bond donors (Lipinski definition) is 0. The molecule has 0 bridgehead atoms. The molecule has 0 radical (unpaired) electrons. The van der Waals surface area contributed by atoms with Gasteiger partial charge < -0.3 is 4.40 Å². The molecule has 74 valence electrons. The van der Waals surface area contributed by atoms with Crippen molar-refractivity contribution in [1.29, 1.82) is 0 Å². The fraction of sp³-hybridized carbons (Fsp3) is 0.417. The van der Waals surface area contributed by atoms with Gasteiger partial charge in [0.15, 0.2) is 0 Å². The highest BCUT2D eigenvalue weighted by atomic mass is 15.0.